The molecule has 0 atom stereocenters. The van der Waals surface area contributed by atoms with Gasteiger partial charge in [0.15, 0.2) is 0 Å². The lowest BCUT2D eigenvalue weighted by molar-refractivity contribution is 0.294. The summed E-state index contributed by atoms with van der Waals surface area (Å²) in [6.07, 6.45) is 1.43. The summed E-state index contributed by atoms with van der Waals surface area (Å²) >= 11 is 9.31. The number of nitrogen functional groups attached to an aromatic ring is 1. The molecule has 3 N–H and O–H groups in total. The largest absolute Gasteiger partial charge is 0.472 e. The molecule has 0 spiro atoms. The minimum atomic E-state index is 0.253. The van der Waals surface area contributed by atoms with E-state index in [9.17, 15) is 0 Å². The molecule has 1 aromatic heterocycles. The van der Waals surface area contributed by atoms with Crippen molar-refractivity contribution >= 4 is 33.5 Å². The lowest BCUT2D eigenvalue weighted by Crippen LogP contribution is -2.11. The van der Waals surface area contributed by atoms with E-state index in [1.54, 1.807) is 0 Å². The first-order valence-electron chi connectivity index (χ1n) is 5.05. The van der Waals surface area contributed by atoms with Gasteiger partial charge in [-0.1, -0.05) is 39.7 Å². The first-order chi connectivity index (χ1) is 8.69. The number of hydrazine groups is 1. The van der Waals surface area contributed by atoms with Gasteiger partial charge in [0.05, 0.1) is 6.20 Å². The van der Waals surface area contributed by atoms with E-state index >= 15 is 0 Å². The molecule has 0 radical (unpaired) electrons. The zero-order valence-corrected chi connectivity index (χ0v) is 11.6. The Balaban J connectivity index is 2.10. The number of aromatic nitrogens is 2. The number of nitrogens with zero attached hydrogens (tertiary/aromatic N) is 2. The molecule has 0 saturated carbocycles. The highest BCUT2D eigenvalue weighted by molar-refractivity contribution is 9.10. The highest BCUT2D eigenvalue weighted by Crippen LogP contribution is 2.23. The fourth-order valence-electron chi connectivity index (χ4n) is 1.30. The molecule has 5 nitrogen and oxygen atoms in total. The summed E-state index contributed by atoms with van der Waals surface area (Å²) in [6.45, 7) is 0.361. The van der Waals surface area contributed by atoms with Gasteiger partial charge in [-0.05, 0) is 17.7 Å². The molecule has 0 aliphatic carbocycles. The second-order valence-corrected chi connectivity index (χ2v) is 4.73. The predicted molar refractivity (Wildman–Crippen MR) is 73.3 cm³/mol. The van der Waals surface area contributed by atoms with E-state index in [2.05, 4.69) is 31.3 Å². The Hall–Kier alpha value is -1.37. The summed E-state index contributed by atoms with van der Waals surface area (Å²) in [5.74, 6) is 5.76. The Morgan fingerprint density at radius 1 is 1.44 bits per heavy atom. The minimum Gasteiger partial charge on any atom is -0.472 e. The maximum absolute atomic E-state index is 5.92. The van der Waals surface area contributed by atoms with Crippen LogP contribution in [0.4, 0.5) is 5.95 Å². The zero-order valence-electron chi connectivity index (χ0n) is 9.23. The normalized spacial score (nSPS) is 10.2. The molecule has 2 aromatic rings. The van der Waals surface area contributed by atoms with Crippen LogP contribution in [0.5, 0.6) is 5.88 Å². The van der Waals surface area contributed by atoms with Crippen LogP contribution in [0.3, 0.4) is 0 Å². The highest BCUT2D eigenvalue weighted by atomic mass is 79.9. The monoisotopic (exact) mass is 328 g/mol. The summed E-state index contributed by atoms with van der Waals surface area (Å²) in [6, 6.07) is 7.77. The van der Waals surface area contributed by atoms with Gasteiger partial charge in [0.2, 0.25) is 11.8 Å². The van der Waals surface area contributed by atoms with Gasteiger partial charge in [-0.25, -0.2) is 10.8 Å². The van der Waals surface area contributed by atoms with E-state index in [4.69, 9.17) is 22.2 Å². The van der Waals surface area contributed by atoms with Crippen molar-refractivity contribution in [2.75, 3.05) is 5.43 Å². The van der Waals surface area contributed by atoms with Crippen LogP contribution in [0, 0.1) is 0 Å². The highest BCUT2D eigenvalue weighted by Gasteiger charge is 2.06. The van der Waals surface area contributed by atoms with Gasteiger partial charge < -0.3 is 4.74 Å². The van der Waals surface area contributed by atoms with Crippen molar-refractivity contribution in [1.29, 1.82) is 0 Å². The quantitative estimate of drug-likeness (QED) is 0.666. The van der Waals surface area contributed by atoms with E-state index in [-0.39, 0.29) is 5.95 Å². The molecular formula is C11H10BrClN4O. The van der Waals surface area contributed by atoms with Crippen molar-refractivity contribution < 1.29 is 4.74 Å². The Bertz CT molecular complexity index is 552. The lowest BCUT2D eigenvalue weighted by atomic mass is 10.2. The molecule has 1 aromatic carbocycles. The smallest absolute Gasteiger partial charge is 0.240 e. The molecule has 0 saturated heterocycles. The van der Waals surface area contributed by atoms with Crippen LogP contribution in [0.15, 0.2) is 34.9 Å². The zero-order chi connectivity index (χ0) is 13.0. The Kier molecular flexibility index (Phi) is 4.35. The van der Waals surface area contributed by atoms with Crippen LogP contribution < -0.4 is 16.0 Å². The van der Waals surface area contributed by atoms with Gasteiger partial charge in [-0.15, -0.1) is 0 Å². The van der Waals surface area contributed by atoms with Gasteiger partial charge in [0.25, 0.3) is 0 Å². The number of rotatable bonds is 4. The Labute approximate surface area is 117 Å². The number of ether oxygens (including phenoxy) is 1. The molecule has 0 bridgehead atoms. The standard InChI is InChI=1S/C11H10BrClN4O/c12-8-3-1-2-7(4-8)6-18-10-9(13)5-15-11(16-10)17-14/h1-5H,6,14H2,(H,15,16,17). The van der Waals surface area contributed by atoms with Crippen LogP contribution in [0.25, 0.3) is 0 Å². The maximum Gasteiger partial charge on any atom is 0.240 e. The van der Waals surface area contributed by atoms with Gasteiger partial charge >= 0.3 is 0 Å². The molecule has 1 heterocycles. The number of anilines is 1. The summed E-state index contributed by atoms with van der Waals surface area (Å²) in [7, 11) is 0. The number of nitrogens with one attached hydrogen (secondary N) is 1. The van der Waals surface area contributed by atoms with Gasteiger partial charge in [0, 0.05) is 4.47 Å². The number of nitrogens with two attached hydrogens (primary N) is 1. The molecule has 0 aliphatic rings. The van der Waals surface area contributed by atoms with Gasteiger partial charge in [0.1, 0.15) is 11.6 Å². The second-order valence-electron chi connectivity index (χ2n) is 3.41. The van der Waals surface area contributed by atoms with Crippen molar-refractivity contribution in [1.82, 2.24) is 9.97 Å². The van der Waals surface area contributed by atoms with Crippen LogP contribution in [-0.2, 0) is 6.61 Å². The number of hydrogen-bond acceptors (Lipinski definition) is 5. The third-order valence-electron chi connectivity index (χ3n) is 2.11. The van der Waals surface area contributed by atoms with Crippen molar-refractivity contribution in [3.8, 4) is 5.88 Å². The Morgan fingerprint density at radius 3 is 3.00 bits per heavy atom. The van der Waals surface area contributed by atoms with Crippen molar-refractivity contribution in [2.45, 2.75) is 6.61 Å². The third kappa shape index (κ3) is 3.32. The third-order valence-corrected chi connectivity index (χ3v) is 2.86. The lowest BCUT2D eigenvalue weighted by Gasteiger charge is -2.08. The van der Waals surface area contributed by atoms with Crippen molar-refractivity contribution in [2.24, 2.45) is 5.84 Å². The van der Waals surface area contributed by atoms with Gasteiger partial charge in [-0.3, -0.25) is 5.43 Å². The SMILES string of the molecule is NNc1ncc(Cl)c(OCc2cccc(Br)c2)n1. The molecular weight excluding hydrogens is 320 g/mol. The van der Waals surface area contributed by atoms with Crippen LogP contribution in [0.2, 0.25) is 5.02 Å². The minimum absolute atomic E-state index is 0.253. The topological polar surface area (TPSA) is 73.1 Å². The van der Waals surface area contributed by atoms with E-state index in [1.165, 1.54) is 6.20 Å². The van der Waals surface area contributed by atoms with Crippen LogP contribution in [-0.4, -0.2) is 9.97 Å². The number of benzene rings is 1. The number of hydrogen-bond donors (Lipinski definition) is 2. The van der Waals surface area contributed by atoms with Crippen molar-refractivity contribution in [3.63, 3.8) is 0 Å². The average molecular weight is 330 g/mol. The molecule has 2 rings (SSSR count). The summed E-state index contributed by atoms with van der Waals surface area (Å²) in [5.41, 5.74) is 3.33. The summed E-state index contributed by atoms with van der Waals surface area (Å²) in [4.78, 5) is 7.88. The fraction of sp³-hybridized carbons (Fsp3) is 0.0909. The van der Waals surface area contributed by atoms with Gasteiger partial charge in [-0.2, -0.15) is 4.98 Å². The first kappa shape index (κ1) is 13.1. The second kappa shape index (κ2) is 5.99. The molecule has 7 heteroatoms. The van der Waals surface area contributed by atoms with E-state index in [1.807, 2.05) is 24.3 Å². The molecule has 0 fully saturated rings. The fourth-order valence-corrected chi connectivity index (χ4v) is 1.89. The Morgan fingerprint density at radius 2 is 2.28 bits per heavy atom. The van der Waals surface area contributed by atoms with E-state index < -0.39 is 0 Å². The molecule has 0 unspecified atom stereocenters. The molecule has 0 aliphatic heterocycles. The van der Waals surface area contributed by atoms with E-state index in [0.29, 0.717) is 17.5 Å². The summed E-state index contributed by atoms with van der Waals surface area (Å²) < 4.78 is 6.51. The summed E-state index contributed by atoms with van der Waals surface area (Å²) in [5, 5.41) is 0.337. The van der Waals surface area contributed by atoms with Crippen LogP contribution >= 0.6 is 27.5 Å². The van der Waals surface area contributed by atoms with E-state index in [0.717, 1.165) is 10.0 Å². The molecule has 18 heavy (non-hydrogen) atoms. The number of halogens is 2. The average Bonchev–Trinajstić information content (AvgIpc) is 2.38. The first-order valence-corrected chi connectivity index (χ1v) is 6.22. The predicted octanol–water partition coefficient (Wildman–Crippen LogP) is 2.76. The van der Waals surface area contributed by atoms with Crippen molar-refractivity contribution in [3.05, 3.63) is 45.5 Å². The maximum atomic E-state index is 5.92. The van der Waals surface area contributed by atoms with Crippen LogP contribution in [0.1, 0.15) is 5.56 Å². The molecule has 94 valence electrons. The molecule has 0 amide bonds.